The van der Waals surface area contributed by atoms with Gasteiger partial charge in [0.1, 0.15) is 0 Å². The lowest BCUT2D eigenvalue weighted by Crippen LogP contribution is -2.46. The second kappa shape index (κ2) is 10.4. The van der Waals surface area contributed by atoms with Gasteiger partial charge in [-0.15, -0.1) is 0 Å². The molecule has 2 aromatic rings. The largest absolute Gasteiger partial charge is 0.466 e. The molecule has 3 heterocycles. The quantitative estimate of drug-likeness (QED) is 0.540. The Labute approximate surface area is 207 Å². The summed E-state index contributed by atoms with van der Waals surface area (Å²) >= 11 is 0. The van der Waals surface area contributed by atoms with Crippen LogP contribution in [0, 0.1) is 5.41 Å². The number of sulfone groups is 1. The third-order valence-electron chi connectivity index (χ3n) is 7.30. The topological polar surface area (TPSA) is 96.9 Å². The Hall–Kier alpha value is -2.94. The van der Waals surface area contributed by atoms with Crippen LogP contribution in [0.4, 0.5) is 5.69 Å². The highest BCUT2D eigenvalue weighted by atomic mass is 32.2. The number of amides is 1. The van der Waals surface area contributed by atoms with Crippen LogP contribution in [-0.4, -0.2) is 62.2 Å². The van der Waals surface area contributed by atoms with Crippen molar-refractivity contribution in [1.29, 1.82) is 0 Å². The van der Waals surface area contributed by atoms with E-state index in [0.29, 0.717) is 39.0 Å². The average molecular weight is 500 g/mol. The molecule has 0 N–H and O–H groups in total. The van der Waals surface area contributed by atoms with Gasteiger partial charge in [0.05, 0.1) is 22.7 Å². The van der Waals surface area contributed by atoms with E-state index in [4.69, 9.17) is 4.74 Å². The number of anilines is 1. The minimum atomic E-state index is -3.62. The lowest BCUT2D eigenvalue weighted by atomic mass is 9.76. The average Bonchev–Trinajstić information content (AvgIpc) is 2.87. The summed E-state index contributed by atoms with van der Waals surface area (Å²) < 4.78 is 32.1. The zero-order valence-electron chi connectivity index (χ0n) is 20.4. The molecule has 1 fully saturated rings. The molecule has 1 aromatic heterocycles. The SMILES string of the molecule is CCOC(=O)C1(CCS(=O)(=O)c2ccc3c(c2)CN(C(C)=O)CC3)CCN(c2ccncc2)CC1. The van der Waals surface area contributed by atoms with Crippen LogP contribution in [0.25, 0.3) is 0 Å². The number of aromatic nitrogens is 1. The number of nitrogens with zero attached hydrogens (tertiary/aromatic N) is 3. The molecule has 188 valence electrons. The lowest BCUT2D eigenvalue weighted by Gasteiger charge is -2.40. The first kappa shape index (κ1) is 25.2. The summed E-state index contributed by atoms with van der Waals surface area (Å²) in [7, 11) is -3.62. The molecular weight excluding hydrogens is 466 g/mol. The summed E-state index contributed by atoms with van der Waals surface area (Å²) in [6.45, 7) is 5.91. The number of benzene rings is 1. The first-order chi connectivity index (χ1) is 16.7. The summed E-state index contributed by atoms with van der Waals surface area (Å²) in [5, 5.41) is 0. The standard InChI is InChI=1S/C26H33N3O5S/c1-3-34-25(31)26(9-15-28(16-10-26)23-6-12-27-13-7-23)11-17-35(32,33)24-5-4-21-8-14-29(20(2)30)19-22(21)18-24/h4-7,12-13,18H,3,8-11,14-17,19H2,1-2H3. The first-order valence-electron chi connectivity index (χ1n) is 12.2. The molecule has 9 heteroatoms. The van der Waals surface area contributed by atoms with E-state index in [2.05, 4.69) is 9.88 Å². The predicted octanol–water partition coefficient (Wildman–Crippen LogP) is 3.00. The van der Waals surface area contributed by atoms with Crippen LogP contribution in [0.15, 0.2) is 47.6 Å². The Kier molecular flexibility index (Phi) is 7.44. The number of hydrogen-bond acceptors (Lipinski definition) is 7. The fourth-order valence-corrected chi connectivity index (χ4v) is 6.52. The second-order valence-corrected chi connectivity index (χ2v) is 11.5. The molecule has 35 heavy (non-hydrogen) atoms. The van der Waals surface area contributed by atoms with Crippen LogP contribution in [-0.2, 0) is 37.1 Å². The third kappa shape index (κ3) is 5.50. The predicted molar refractivity (Wildman–Crippen MR) is 133 cm³/mol. The molecule has 1 saturated heterocycles. The van der Waals surface area contributed by atoms with E-state index >= 15 is 0 Å². The Bertz CT molecular complexity index is 1170. The van der Waals surface area contributed by atoms with Crippen LogP contribution in [0.2, 0.25) is 0 Å². The van der Waals surface area contributed by atoms with Crippen LogP contribution >= 0.6 is 0 Å². The zero-order valence-corrected chi connectivity index (χ0v) is 21.2. The Balaban J connectivity index is 1.49. The van der Waals surface area contributed by atoms with E-state index in [-0.39, 0.29) is 35.6 Å². The molecule has 2 aliphatic heterocycles. The zero-order chi connectivity index (χ0) is 25.1. The molecule has 1 aromatic carbocycles. The van der Waals surface area contributed by atoms with Gasteiger partial charge in [-0.05, 0) is 68.0 Å². The third-order valence-corrected chi connectivity index (χ3v) is 9.01. The van der Waals surface area contributed by atoms with Crippen molar-refractivity contribution in [2.45, 2.75) is 51.0 Å². The van der Waals surface area contributed by atoms with Crippen molar-refractivity contribution in [3.05, 3.63) is 53.9 Å². The van der Waals surface area contributed by atoms with Crippen molar-refractivity contribution in [1.82, 2.24) is 9.88 Å². The van der Waals surface area contributed by atoms with Gasteiger partial charge in [-0.2, -0.15) is 0 Å². The number of rotatable bonds is 7. The van der Waals surface area contributed by atoms with Gasteiger partial charge >= 0.3 is 5.97 Å². The van der Waals surface area contributed by atoms with Crippen molar-refractivity contribution in [2.75, 3.05) is 36.9 Å². The van der Waals surface area contributed by atoms with E-state index in [1.54, 1.807) is 36.4 Å². The number of carbonyl (C=O) groups is 2. The number of hydrogen-bond donors (Lipinski definition) is 0. The molecule has 0 radical (unpaired) electrons. The summed E-state index contributed by atoms with van der Waals surface area (Å²) in [6, 6.07) is 9.08. The fourth-order valence-electron chi connectivity index (χ4n) is 5.03. The lowest BCUT2D eigenvalue weighted by molar-refractivity contribution is -0.157. The van der Waals surface area contributed by atoms with E-state index in [9.17, 15) is 18.0 Å². The number of carbonyl (C=O) groups excluding carboxylic acids is 2. The monoisotopic (exact) mass is 499 g/mol. The number of ether oxygens (including phenoxy) is 1. The van der Waals surface area contributed by atoms with Crippen molar-refractivity contribution in [3.8, 4) is 0 Å². The highest BCUT2D eigenvalue weighted by Gasteiger charge is 2.43. The number of pyridine rings is 1. The van der Waals surface area contributed by atoms with Crippen molar-refractivity contribution >= 4 is 27.4 Å². The van der Waals surface area contributed by atoms with E-state index in [0.717, 1.165) is 23.2 Å². The highest BCUT2D eigenvalue weighted by Crippen LogP contribution is 2.39. The van der Waals surface area contributed by atoms with Crippen molar-refractivity contribution in [3.63, 3.8) is 0 Å². The minimum Gasteiger partial charge on any atom is -0.466 e. The summed E-state index contributed by atoms with van der Waals surface area (Å²) in [4.78, 5) is 33.0. The molecule has 0 unspecified atom stereocenters. The summed E-state index contributed by atoms with van der Waals surface area (Å²) in [6.07, 6.45) is 5.47. The van der Waals surface area contributed by atoms with Gasteiger partial charge in [0, 0.05) is 51.2 Å². The maximum absolute atomic E-state index is 13.3. The van der Waals surface area contributed by atoms with Crippen LogP contribution in [0.3, 0.4) is 0 Å². The van der Waals surface area contributed by atoms with E-state index < -0.39 is 15.3 Å². The first-order valence-corrected chi connectivity index (χ1v) is 13.8. The molecule has 8 nitrogen and oxygen atoms in total. The van der Waals surface area contributed by atoms with Crippen molar-refractivity contribution < 1.29 is 22.7 Å². The molecule has 2 aliphatic rings. The summed E-state index contributed by atoms with van der Waals surface area (Å²) in [5.74, 6) is -0.457. The van der Waals surface area contributed by atoms with E-state index in [1.807, 2.05) is 18.2 Å². The van der Waals surface area contributed by atoms with Crippen LogP contribution in [0.1, 0.15) is 44.2 Å². The molecule has 0 saturated carbocycles. The Morgan fingerprint density at radius 2 is 1.77 bits per heavy atom. The molecular formula is C26H33N3O5S. The maximum Gasteiger partial charge on any atom is 0.312 e. The second-order valence-electron chi connectivity index (χ2n) is 9.38. The molecule has 0 bridgehead atoms. The molecule has 0 atom stereocenters. The molecule has 4 rings (SSSR count). The van der Waals surface area contributed by atoms with Gasteiger partial charge < -0.3 is 14.5 Å². The van der Waals surface area contributed by atoms with Gasteiger partial charge in [-0.3, -0.25) is 14.6 Å². The number of fused-ring (bicyclic) bond motifs is 1. The fraction of sp³-hybridized carbons (Fsp3) is 0.500. The highest BCUT2D eigenvalue weighted by molar-refractivity contribution is 7.91. The van der Waals surface area contributed by atoms with Gasteiger partial charge in [0.15, 0.2) is 9.84 Å². The summed E-state index contributed by atoms with van der Waals surface area (Å²) in [5.41, 5.74) is 2.16. The maximum atomic E-state index is 13.3. The molecule has 0 aliphatic carbocycles. The Morgan fingerprint density at radius 1 is 1.06 bits per heavy atom. The minimum absolute atomic E-state index is 0.0154. The van der Waals surface area contributed by atoms with Gasteiger partial charge in [0.2, 0.25) is 5.91 Å². The van der Waals surface area contributed by atoms with Crippen LogP contribution in [0.5, 0.6) is 0 Å². The van der Waals surface area contributed by atoms with Gasteiger partial charge in [-0.1, -0.05) is 6.07 Å². The smallest absolute Gasteiger partial charge is 0.312 e. The molecule has 0 spiro atoms. The number of piperidine rings is 1. The van der Waals surface area contributed by atoms with Crippen molar-refractivity contribution in [2.24, 2.45) is 5.41 Å². The Morgan fingerprint density at radius 3 is 2.43 bits per heavy atom. The van der Waals surface area contributed by atoms with Crippen LogP contribution < -0.4 is 4.90 Å². The van der Waals surface area contributed by atoms with Gasteiger partial charge in [0.25, 0.3) is 0 Å². The molecule has 1 amide bonds. The normalized spacial score (nSPS) is 17.5. The van der Waals surface area contributed by atoms with E-state index in [1.165, 1.54) is 6.92 Å². The number of esters is 1. The van der Waals surface area contributed by atoms with Gasteiger partial charge in [-0.25, -0.2) is 8.42 Å².